The maximum absolute atomic E-state index is 13.2. The number of quaternary nitrogens is 1. The largest absolute Gasteiger partial charge is 0.339 e. The topological polar surface area (TPSA) is 52.6 Å². The Morgan fingerprint density at radius 1 is 1.17 bits per heavy atom. The minimum atomic E-state index is -0.299. The molecule has 3 N–H and O–H groups in total. The number of nitrogens with zero attached hydrogens (tertiary/aromatic N) is 1. The van der Waals surface area contributed by atoms with E-state index in [0.717, 1.165) is 23.0 Å². The van der Waals surface area contributed by atoms with Crippen LogP contribution < -0.4 is 15.8 Å². The number of likely N-dealkylation sites (N-methyl/N-ethyl adjacent to an activating group) is 1. The number of anilines is 1. The highest BCUT2D eigenvalue weighted by Crippen LogP contribution is 2.15. The third-order valence-corrected chi connectivity index (χ3v) is 5.06. The van der Waals surface area contributed by atoms with E-state index in [4.69, 9.17) is 12.2 Å². The Balaban J connectivity index is 1.85. The third-order valence-electron chi connectivity index (χ3n) is 4.70. The molecule has 152 valence electrons. The minimum absolute atomic E-state index is 0.117. The average molecular weight is 414 g/mol. The fourth-order valence-corrected chi connectivity index (χ4v) is 3.31. The summed E-state index contributed by atoms with van der Waals surface area (Å²) >= 11 is 5.60. The van der Waals surface area contributed by atoms with Crippen LogP contribution in [0.4, 0.5) is 10.1 Å². The Labute approximate surface area is 175 Å². The van der Waals surface area contributed by atoms with Crippen LogP contribution in [0.2, 0.25) is 0 Å². The normalized spacial score (nSPS) is 11.1. The zero-order valence-electron chi connectivity index (χ0n) is 16.9. The number of hydrogen-bond donors (Lipinski definition) is 3. The van der Waals surface area contributed by atoms with Gasteiger partial charge in [0.15, 0.2) is 5.11 Å². The van der Waals surface area contributed by atoms with Crippen molar-refractivity contribution in [2.45, 2.75) is 13.5 Å². The van der Waals surface area contributed by atoms with Gasteiger partial charge >= 0.3 is 0 Å². The predicted octanol–water partition coefficient (Wildman–Crippen LogP) is 2.32. The number of pyridine rings is 1. The Morgan fingerprint density at radius 3 is 2.59 bits per heavy atom. The fraction of sp³-hybridized carbons (Fsp3) is 0.273. The van der Waals surface area contributed by atoms with Gasteiger partial charge < -0.3 is 20.1 Å². The lowest BCUT2D eigenvalue weighted by molar-refractivity contribution is -0.857. The summed E-state index contributed by atoms with van der Waals surface area (Å²) in [6.07, 6.45) is 0. The maximum Gasteiger partial charge on any atom is 0.253 e. The molecule has 0 spiro atoms. The lowest BCUT2D eigenvalue weighted by Crippen LogP contribution is -3.06. The smallest absolute Gasteiger partial charge is 0.253 e. The van der Waals surface area contributed by atoms with Gasteiger partial charge in [0.2, 0.25) is 0 Å². The molecule has 0 aliphatic rings. The standard InChI is InChI=1S/C22H25FN4OS/c1-15-4-9-20-16(12-15)13-17(21(28)25-20)14-27(11-10-26(2)3)22(29)24-19-7-5-18(23)6-8-19/h4-9,12-13H,10-11,14H2,1-3H3,(H,24,29)(H,25,28)/p+1. The van der Waals surface area contributed by atoms with E-state index in [1.807, 2.05) is 30.0 Å². The van der Waals surface area contributed by atoms with Crippen LogP contribution in [0.25, 0.3) is 10.9 Å². The van der Waals surface area contributed by atoms with Gasteiger partial charge in [-0.1, -0.05) is 11.6 Å². The van der Waals surface area contributed by atoms with Crippen molar-refractivity contribution in [3.05, 3.63) is 75.8 Å². The van der Waals surface area contributed by atoms with Crippen LogP contribution in [-0.4, -0.2) is 42.2 Å². The number of aryl methyl sites for hydroxylation is 1. The molecule has 0 aliphatic heterocycles. The summed E-state index contributed by atoms with van der Waals surface area (Å²) in [5.74, 6) is -0.299. The van der Waals surface area contributed by atoms with Crippen LogP contribution in [0, 0.1) is 12.7 Å². The SMILES string of the molecule is Cc1ccc2[nH]c(=O)c(CN(CC[NH+](C)C)C(=S)Nc3ccc(F)cc3)cc2c1. The highest BCUT2D eigenvalue weighted by Gasteiger charge is 2.15. The van der Waals surface area contributed by atoms with E-state index in [1.54, 1.807) is 12.1 Å². The molecule has 1 aromatic heterocycles. The Morgan fingerprint density at radius 2 is 1.90 bits per heavy atom. The molecule has 0 unspecified atom stereocenters. The lowest BCUT2D eigenvalue weighted by Gasteiger charge is -2.26. The Bertz CT molecular complexity index is 1060. The summed E-state index contributed by atoms with van der Waals surface area (Å²) < 4.78 is 13.2. The van der Waals surface area contributed by atoms with Gasteiger partial charge in [-0.3, -0.25) is 4.79 Å². The van der Waals surface area contributed by atoms with Crippen LogP contribution in [0.3, 0.4) is 0 Å². The average Bonchev–Trinajstić information content (AvgIpc) is 2.67. The molecule has 5 nitrogen and oxygen atoms in total. The Hall–Kier alpha value is -2.77. The van der Waals surface area contributed by atoms with Gasteiger partial charge in [0.05, 0.1) is 33.7 Å². The van der Waals surface area contributed by atoms with Gasteiger partial charge in [-0.05, 0) is 67.0 Å². The molecule has 0 saturated carbocycles. The van der Waals surface area contributed by atoms with Crippen molar-refractivity contribution < 1.29 is 9.29 Å². The molecule has 0 atom stereocenters. The first-order valence-electron chi connectivity index (χ1n) is 9.55. The number of hydrogen-bond acceptors (Lipinski definition) is 2. The van der Waals surface area contributed by atoms with Gasteiger partial charge in [-0.25, -0.2) is 4.39 Å². The van der Waals surface area contributed by atoms with E-state index in [9.17, 15) is 9.18 Å². The second-order valence-corrected chi connectivity index (χ2v) is 7.92. The van der Waals surface area contributed by atoms with Crippen molar-refractivity contribution in [2.24, 2.45) is 0 Å². The van der Waals surface area contributed by atoms with E-state index < -0.39 is 0 Å². The molecule has 29 heavy (non-hydrogen) atoms. The monoisotopic (exact) mass is 413 g/mol. The van der Waals surface area contributed by atoms with Gasteiger partial charge in [0.25, 0.3) is 5.56 Å². The summed E-state index contributed by atoms with van der Waals surface area (Å²) in [7, 11) is 4.14. The van der Waals surface area contributed by atoms with Gasteiger partial charge in [-0.15, -0.1) is 0 Å². The summed E-state index contributed by atoms with van der Waals surface area (Å²) in [4.78, 5) is 18.8. The summed E-state index contributed by atoms with van der Waals surface area (Å²) in [6, 6.07) is 13.9. The van der Waals surface area contributed by atoms with Gasteiger partial charge in [0.1, 0.15) is 5.82 Å². The van der Waals surface area contributed by atoms with E-state index >= 15 is 0 Å². The number of benzene rings is 2. The zero-order valence-corrected chi connectivity index (χ0v) is 17.7. The number of rotatable bonds is 6. The zero-order chi connectivity index (χ0) is 21.0. The maximum atomic E-state index is 13.2. The molecule has 7 heteroatoms. The second kappa shape index (κ2) is 9.15. The fourth-order valence-electron chi connectivity index (χ4n) is 3.04. The van der Waals surface area contributed by atoms with E-state index in [0.29, 0.717) is 29.5 Å². The van der Waals surface area contributed by atoms with Crippen LogP contribution in [0.15, 0.2) is 53.3 Å². The van der Waals surface area contributed by atoms with Crippen LogP contribution in [0.5, 0.6) is 0 Å². The van der Waals surface area contributed by atoms with Crippen molar-refractivity contribution in [2.75, 3.05) is 32.5 Å². The first-order chi connectivity index (χ1) is 13.8. The van der Waals surface area contributed by atoms with Crippen molar-refractivity contribution in [1.82, 2.24) is 9.88 Å². The molecule has 3 aromatic rings. The van der Waals surface area contributed by atoms with Crippen LogP contribution in [0.1, 0.15) is 11.1 Å². The quantitative estimate of drug-likeness (QED) is 0.543. The van der Waals surface area contributed by atoms with E-state index in [1.165, 1.54) is 17.0 Å². The lowest BCUT2D eigenvalue weighted by atomic mass is 10.1. The van der Waals surface area contributed by atoms with E-state index in [-0.39, 0.29) is 11.4 Å². The molecule has 0 fully saturated rings. The third kappa shape index (κ3) is 5.62. The second-order valence-electron chi connectivity index (χ2n) is 7.53. The molecule has 2 aromatic carbocycles. The number of fused-ring (bicyclic) bond motifs is 1. The van der Waals surface area contributed by atoms with Crippen molar-refractivity contribution in [3.8, 4) is 0 Å². The summed E-state index contributed by atoms with van der Waals surface area (Å²) in [5.41, 5.74) is 3.20. The van der Waals surface area contributed by atoms with Crippen LogP contribution >= 0.6 is 12.2 Å². The van der Waals surface area contributed by atoms with Crippen molar-refractivity contribution in [1.29, 1.82) is 0 Å². The molecule has 0 bridgehead atoms. The number of nitrogens with one attached hydrogen (secondary N) is 3. The summed E-state index contributed by atoms with van der Waals surface area (Å²) in [6.45, 7) is 3.95. The molecule has 3 rings (SSSR count). The molecular formula is C22H26FN4OS+. The first kappa shape index (κ1) is 21.0. The highest BCUT2D eigenvalue weighted by atomic mass is 32.1. The van der Waals surface area contributed by atoms with Gasteiger partial charge in [0, 0.05) is 16.8 Å². The van der Waals surface area contributed by atoms with Crippen LogP contribution in [-0.2, 0) is 6.54 Å². The van der Waals surface area contributed by atoms with E-state index in [2.05, 4.69) is 30.5 Å². The minimum Gasteiger partial charge on any atom is -0.339 e. The molecular weight excluding hydrogens is 387 g/mol. The number of aromatic amines is 1. The molecule has 0 aliphatic carbocycles. The predicted molar refractivity (Wildman–Crippen MR) is 120 cm³/mol. The number of aromatic nitrogens is 1. The molecule has 1 heterocycles. The first-order valence-corrected chi connectivity index (χ1v) is 9.96. The molecule has 0 saturated heterocycles. The number of H-pyrrole nitrogens is 1. The van der Waals surface area contributed by atoms with Gasteiger partial charge in [-0.2, -0.15) is 0 Å². The number of thiocarbonyl (C=S) groups is 1. The Kier molecular flexibility index (Phi) is 6.61. The number of halogens is 1. The summed E-state index contributed by atoms with van der Waals surface area (Å²) in [5, 5.41) is 4.65. The van der Waals surface area contributed by atoms with Crippen molar-refractivity contribution in [3.63, 3.8) is 0 Å². The molecule has 0 radical (unpaired) electrons. The van der Waals surface area contributed by atoms with Crippen molar-refractivity contribution >= 4 is 33.9 Å². The highest BCUT2D eigenvalue weighted by molar-refractivity contribution is 7.80. The molecule has 0 amide bonds.